The summed E-state index contributed by atoms with van der Waals surface area (Å²) >= 11 is 0. The van der Waals surface area contributed by atoms with Crippen LogP contribution in [0, 0.1) is 11.8 Å². The molecule has 4 aliphatic rings. The molecule has 1 aromatic carbocycles. The maximum Gasteiger partial charge on any atom is 0.316 e. The van der Waals surface area contributed by atoms with E-state index in [9.17, 15) is 24.3 Å². The van der Waals surface area contributed by atoms with Gasteiger partial charge in [-0.2, -0.15) is 0 Å². The van der Waals surface area contributed by atoms with Crippen molar-refractivity contribution in [3.05, 3.63) is 52.2 Å². The monoisotopic (exact) mass is 716 g/mol. The summed E-state index contributed by atoms with van der Waals surface area (Å²) in [6.07, 6.45) is 6.58. The van der Waals surface area contributed by atoms with E-state index in [0.29, 0.717) is 31.1 Å². The molecule has 4 aliphatic heterocycles. The van der Waals surface area contributed by atoms with Gasteiger partial charge in [0.15, 0.2) is 0 Å². The SMILES string of the molecule is COc1cc(-c2cn(C)c(=O)c3cnc(C4COC4)cc23)cc(OC)c1CN1CCN(CCC2CCN(C3CC(C(=O)O)C(=O)NC3=O)CC2)CC1. The number of amides is 2. The van der Waals surface area contributed by atoms with Crippen LogP contribution in [0.1, 0.15) is 42.9 Å². The molecule has 7 rings (SSSR count). The van der Waals surface area contributed by atoms with Crippen molar-refractivity contribution in [2.45, 2.75) is 44.2 Å². The van der Waals surface area contributed by atoms with Crippen LogP contribution in [0.2, 0.25) is 0 Å². The van der Waals surface area contributed by atoms with Crippen LogP contribution < -0.4 is 20.3 Å². The molecular formula is C38H48N6O8. The second-order valence-electron chi connectivity index (χ2n) is 14.6. The highest BCUT2D eigenvalue weighted by atomic mass is 16.5. The van der Waals surface area contributed by atoms with Crippen molar-refractivity contribution in [2.24, 2.45) is 18.9 Å². The molecule has 4 fully saturated rings. The van der Waals surface area contributed by atoms with Gasteiger partial charge in [-0.05, 0) is 80.4 Å². The van der Waals surface area contributed by atoms with Gasteiger partial charge in [-0.15, -0.1) is 0 Å². The number of ether oxygens (including phenoxy) is 3. The van der Waals surface area contributed by atoms with Gasteiger partial charge in [-0.3, -0.25) is 39.3 Å². The average molecular weight is 717 g/mol. The van der Waals surface area contributed by atoms with Crippen molar-refractivity contribution in [1.82, 2.24) is 29.6 Å². The van der Waals surface area contributed by atoms with Gasteiger partial charge in [0.1, 0.15) is 17.4 Å². The van der Waals surface area contributed by atoms with Gasteiger partial charge in [-0.25, -0.2) is 0 Å². The fourth-order valence-electron chi connectivity index (χ4n) is 8.10. The molecule has 2 amide bonds. The minimum atomic E-state index is -1.18. The average Bonchev–Trinajstić information content (AvgIpc) is 3.12. The Labute approximate surface area is 302 Å². The van der Waals surface area contributed by atoms with Crippen LogP contribution in [-0.2, 0) is 32.7 Å². The maximum absolute atomic E-state index is 13.1. The van der Waals surface area contributed by atoms with Crippen LogP contribution in [0.15, 0.2) is 35.4 Å². The summed E-state index contributed by atoms with van der Waals surface area (Å²) in [5, 5.41) is 13.1. The molecule has 2 unspecified atom stereocenters. The molecule has 0 saturated carbocycles. The number of aryl methyl sites for hydroxylation is 1. The van der Waals surface area contributed by atoms with Crippen molar-refractivity contribution in [1.29, 1.82) is 0 Å². The normalized spacial score (nSPS) is 22.7. The van der Waals surface area contributed by atoms with Gasteiger partial charge in [0.05, 0.1) is 44.4 Å². The fourth-order valence-corrected chi connectivity index (χ4v) is 8.10. The van der Waals surface area contributed by atoms with E-state index in [0.717, 1.165) is 104 Å². The number of carbonyl (C=O) groups is 3. The van der Waals surface area contributed by atoms with Crippen LogP contribution in [-0.4, -0.2) is 126 Å². The standard InChI is InChI=1S/C38H48N6O8/c1-41-19-29(26-16-31(25-21-52-22-25)39-18-28(26)37(41)47)24-14-33(50-2)30(34(15-24)51-3)20-43-12-10-42(11-13-43)7-4-23-5-8-44(9-6-23)32-17-27(38(48)49)35(45)40-36(32)46/h14-16,18-19,23,25,27,32H,4-13,17,20-22H2,1-3H3,(H,48,49)(H,40,45,46). The van der Waals surface area contributed by atoms with Crippen LogP contribution >= 0.6 is 0 Å². The summed E-state index contributed by atoms with van der Waals surface area (Å²) in [5.41, 5.74) is 3.63. The Kier molecular flexibility index (Phi) is 10.6. The lowest BCUT2D eigenvalue weighted by molar-refractivity contribution is -0.153. The van der Waals surface area contributed by atoms with Crippen molar-refractivity contribution < 1.29 is 33.7 Å². The number of benzene rings is 1. The summed E-state index contributed by atoms with van der Waals surface area (Å²) in [7, 11) is 5.12. The van der Waals surface area contributed by atoms with E-state index in [1.165, 1.54) is 0 Å². The van der Waals surface area contributed by atoms with Crippen molar-refractivity contribution in [3.8, 4) is 22.6 Å². The van der Waals surface area contributed by atoms with Crippen LogP contribution in [0.3, 0.4) is 0 Å². The molecule has 0 spiro atoms. The summed E-state index contributed by atoms with van der Waals surface area (Å²) in [6, 6.07) is 5.53. The van der Waals surface area contributed by atoms with E-state index in [2.05, 4.69) is 20.1 Å². The highest BCUT2D eigenvalue weighted by Gasteiger charge is 2.42. The molecule has 0 aliphatic carbocycles. The van der Waals surface area contributed by atoms with E-state index >= 15 is 0 Å². The van der Waals surface area contributed by atoms with Crippen LogP contribution in [0.5, 0.6) is 11.5 Å². The van der Waals surface area contributed by atoms with Gasteiger partial charge < -0.3 is 28.8 Å². The van der Waals surface area contributed by atoms with Gasteiger partial charge in [0.2, 0.25) is 11.8 Å². The molecule has 2 aromatic heterocycles. The lowest BCUT2D eigenvalue weighted by Crippen LogP contribution is -2.58. The van der Waals surface area contributed by atoms with Crippen molar-refractivity contribution >= 4 is 28.6 Å². The molecule has 0 radical (unpaired) electrons. The van der Waals surface area contributed by atoms with E-state index in [1.54, 1.807) is 32.0 Å². The van der Waals surface area contributed by atoms with Crippen LogP contribution in [0.25, 0.3) is 21.9 Å². The number of piperazine rings is 1. The number of piperidine rings is 2. The first kappa shape index (κ1) is 36.0. The van der Waals surface area contributed by atoms with Gasteiger partial charge in [-0.1, -0.05) is 0 Å². The third-order valence-corrected chi connectivity index (χ3v) is 11.5. The van der Waals surface area contributed by atoms with Crippen LogP contribution in [0.4, 0.5) is 0 Å². The Balaban J connectivity index is 0.956. The Morgan fingerprint density at radius 2 is 1.62 bits per heavy atom. The van der Waals surface area contributed by atoms with Crippen molar-refractivity contribution in [3.63, 3.8) is 0 Å². The van der Waals surface area contributed by atoms with Crippen molar-refractivity contribution in [2.75, 3.05) is 73.2 Å². The number of aliphatic carboxylic acids is 1. The number of likely N-dealkylation sites (tertiary alicyclic amines) is 1. The number of nitrogens with one attached hydrogen (secondary N) is 1. The summed E-state index contributed by atoms with van der Waals surface area (Å²) in [4.78, 5) is 60.5. The Hall–Kier alpha value is -4.37. The highest BCUT2D eigenvalue weighted by Crippen LogP contribution is 2.39. The summed E-state index contributed by atoms with van der Waals surface area (Å²) < 4.78 is 18.9. The number of rotatable bonds is 11. The molecule has 2 atom stereocenters. The predicted octanol–water partition coefficient (Wildman–Crippen LogP) is 2.07. The molecular weight excluding hydrogens is 668 g/mol. The Morgan fingerprint density at radius 1 is 0.942 bits per heavy atom. The number of carbonyl (C=O) groups excluding carboxylic acids is 2. The zero-order chi connectivity index (χ0) is 36.5. The number of fused-ring (bicyclic) bond motifs is 1. The molecule has 278 valence electrons. The summed E-state index contributed by atoms with van der Waals surface area (Å²) in [5.74, 6) is -1.19. The first-order valence-corrected chi connectivity index (χ1v) is 18.2. The lowest BCUT2D eigenvalue weighted by atomic mass is 9.88. The Morgan fingerprint density at radius 3 is 2.23 bits per heavy atom. The number of hydrogen-bond donors (Lipinski definition) is 2. The molecule has 6 heterocycles. The van der Waals surface area contributed by atoms with E-state index in [1.807, 2.05) is 29.3 Å². The smallest absolute Gasteiger partial charge is 0.316 e. The second-order valence-corrected chi connectivity index (χ2v) is 14.6. The third kappa shape index (κ3) is 7.29. The zero-order valence-electron chi connectivity index (χ0n) is 30.1. The topological polar surface area (TPSA) is 156 Å². The molecule has 0 bridgehead atoms. The number of imide groups is 1. The first-order chi connectivity index (χ1) is 25.1. The zero-order valence-corrected chi connectivity index (χ0v) is 30.1. The maximum atomic E-state index is 13.1. The number of aromatic nitrogens is 2. The minimum Gasteiger partial charge on any atom is -0.496 e. The van der Waals surface area contributed by atoms with E-state index in [-0.39, 0.29) is 23.8 Å². The summed E-state index contributed by atoms with van der Waals surface area (Å²) in [6.45, 7) is 8.17. The first-order valence-electron chi connectivity index (χ1n) is 18.2. The molecule has 2 N–H and O–H groups in total. The number of carboxylic acid groups (broad SMARTS) is 1. The minimum absolute atomic E-state index is 0.0404. The van der Waals surface area contributed by atoms with E-state index < -0.39 is 23.8 Å². The van der Waals surface area contributed by atoms with Gasteiger partial charge in [0.25, 0.3) is 5.56 Å². The number of hydrogen-bond acceptors (Lipinski definition) is 11. The fraction of sp³-hybridized carbons (Fsp3) is 0.553. The molecule has 3 aromatic rings. The molecule has 14 nitrogen and oxygen atoms in total. The van der Waals surface area contributed by atoms with E-state index in [4.69, 9.17) is 14.2 Å². The van der Waals surface area contributed by atoms with Gasteiger partial charge in [0, 0.05) is 69.3 Å². The number of methoxy groups -OCH3 is 2. The second kappa shape index (κ2) is 15.3. The quantitative estimate of drug-likeness (QED) is 0.221. The molecule has 4 saturated heterocycles. The number of pyridine rings is 2. The van der Waals surface area contributed by atoms with Gasteiger partial charge >= 0.3 is 5.97 Å². The molecule has 14 heteroatoms. The Bertz CT molecular complexity index is 1870. The predicted molar refractivity (Wildman–Crippen MR) is 192 cm³/mol. The lowest BCUT2D eigenvalue weighted by Gasteiger charge is -2.40. The molecule has 52 heavy (non-hydrogen) atoms. The largest absolute Gasteiger partial charge is 0.496 e. The number of nitrogens with zero attached hydrogens (tertiary/aromatic N) is 5. The third-order valence-electron chi connectivity index (χ3n) is 11.5. The number of carboxylic acids is 1. The highest BCUT2D eigenvalue weighted by molar-refractivity contribution is 6.08.